The number of para-hydroxylation sites is 1. The Morgan fingerprint density at radius 2 is 1.55 bits per heavy atom. The van der Waals surface area contributed by atoms with E-state index in [1.165, 1.54) is 0 Å². The largest absolute Gasteiger partial charge is 0.493 e. The number of carbonyl (C=O) groups is 2. The van der Waals surface area contributed by atoms with Crippen LogP contribution in [0.15, 0.2) is 54.6 Å². The fraction of sp³-hybridized carbons (Fsp3) is 0.125. The Morgan fingerprint density at radius 3 is 2.25 bits per heavy atom. The van der Waals surface area contributed by atoms with Crippen LogP contribution < -0.4 is 4.74 Å². The summed E-state index contributed by atoms with van der Waals surface area (Å²) < 4.78 is 10.2. The summed E-state index contributed by atoms with van der Waals surface area (Å²) in [5, 5.41) is 0. The fourth-order valence-corrected chi connectivity index (χ4v) is 1.69. The molecule has 0 aromatic heterocycles. The van der Waals surface area contributed by atoms with Crippen LogP contribution in [0.4, 0.5) is 0 Å². The van der Waals surface area contributed by atoms with Gasteiger partial charge in [-0.05, 0) is 31.2 Å². The predicted molar refractivity (Wildman–Crippen MR) is 73.8 cm³/mol. The van der Waals surface area contributed by atoms with Gasteiger partial charge in [-0.15, -0.1) is 0 Å². The lowest BCUT2D eigenvalue weighted by atomic mass is 10.2. The molecule has 0 bridgehead atoms. The monoisotopic (exact) mass is 270 g/mol. The summed E-state index contributed by atoms with van der Waals surface area (Å²) in [4.78, 5) is 23.8. The zero-order valence-corrected chi connectivity index (χ0v) is 11.0. The van der Waals surface area contributed by atoms with E-state index in [0.29, 0.717) is 17.9 Å². The molecule has 0 atom stereocenters. The van der Waals surface area contributed by atoms with Crippen molar-refractivity contribution in [3.8, 4) is 5.75 Å². The minimum Gasteiger partial charge on any atom is -0.493 e. The van der Waals surface area contributed by atoms with E-state index in [4.69, 9.17) is 9.47 Å². The van der Waals surface area contributed by atoms with Crippen molar-refractivity contribution >= 4 is 11.9 Å². The summed E-state index contributed by atoms with van der Waals surface area (Å²) in [5.41, 5.74) is 0.563. The molecule has 0 heterocycles. The highest BCUT2D eigenvalue weighted by molar-refractivity contribution is 6.03. The zero-order chi connectivity index (χ0) is 14.4. The molecule has 0 saturated heterocycles. The molecule has 0 N–H and O–H groups in total. The topological polar surface area (TPSA) is 52.6 Å². The highest BCUT2D eigenvalue weighted by atomic mass is 16.6. The van der Waals surface area contributed by atoms with Crippen LogP contribution in [0.25, 0.3) is 0 Å². The first kappa shape index (κ1) is 13.8. The molecule has 0 aliphatic rings. The second kappa shape index (κ2) is 6.52. The van der Waals surface area contributed by atoms with Gasteiger partial charge >= 0.3 is 11.9 Å². The molecule has 0 amide bonds. The van der Waals surface area contributed by atoms with Crippen molar-refractivity contribution in [1.29, 1.82) is 0 Å². The first-order chi connectivity index (χ1) is 9.72. The van der Waals surface area contributed by atoms with Gasteiger partial charge in [0.1, 0.15) is 11.3 Å². The fourth-order valence-electron chi connectivity index (χ4n) is 1.69. The third-order valence-electron chi connectivity index (χ3n) is 2.60. The summed E-state index contributed by atoms with van der Waals surface area (Å²) in [5.74, 6) is -0.995. The van der Waals surface area contributed by atoms with E-state index >= 15 is 0 Å². The molecule has 4 heteroatoms. The second-order valence-electron chi connectivity index (χ2n) is 3.97. The van der Waals surface area contributed by atoms with Crippen molar-refractivity contribution in [3.05, 3.63) is 65.7 Å². The van der Waals surface area contributed by atoms with Crippen LogP contribution >= 0.6 is 0 Å². The van der Waals surface area contributed by atoms with Gasteiger partial charge in [0.15, 0.2) is 0 Å². The molecule has 0 fully saturated rings. The molecule has 0 aliphatic carbocycles. The number of ether oxygens (including phenoxy) is 2. The minimum absolute atomic E-state index is 0.235. The van der Waals surface area contributed by atoms with Gasteiger partial charge in [-0.1, -0.05) is 30.3 Å². The molecular formula is C16H14O4. The van der Waals surface area contributed by atoms with Crippen molar-refractivity contribution < 1.29 is 19.1 Å². The number of rotatable bonds is 4. The van der Waals surface area contributed by atoms with Crippen molar-refractivity contribution in [1.82, 2.24) is 0 Å². The van der Waals surface area contributed by atoms with Crippen molar-refractivity contribution in [2.75, 3.05) is 6.61 Å². The molecule has 20 heavy (non-hydrogen) atoms. The summed E-state index contributed by atoms with van der Waals surface area (Å²) in [6.07, 6.45) is 0. The Hall–Kier alpha value is -2.62. The van der Waals surface area contributed by atoms with Crippen molar-refractivity contribution in [3.63, 3.8) is 0 Å². The van der Waals surface area contributed by atoms with Crippen LogP contribution in [0, 0.1) is 0 Å². The lowest BCUT2D eigenvalue weighted by Crippen LogP contribution is -2.14. The minimum atomic E-state index is -0.720. The van der Waals surface area contributed by atoms with Gasteiger partial charge in [0, 0.05) is 0 Å². The third-order valence-corrected chi connectivity index (χ3v) is 2.60. The van der Waals surface area contributed by atoms with Gasteiger partial charge in [-0.3, -0.25) is 0 Å². The average Bonchev–Trinajstić information content (AvgIpc) is 2.49. The van der Waals surface area contributed by atoms with Crippen LogP contribution in [-0.4, -0.2) is 18.5 Å². The maximum Gasteiger partial charge on any atom is 0.349 e. The van der Waals surface area contributed by atoms with E-state index in [1.807, 2.05) is 6.92 Å². The SMILES string of the molecule is CCOc1ccccc1C(=O)OC(=O)c1ccccc1. The van der Waals surface area contributed by atoms with E-state index in [9.17, 15) is 9.59 Å². The lowest BCUT2D eigenvalue weighted by Gasteiger charge is -2.08. The maximum atomic E-state index is 12.0. The molecule has 0 saturated carbocycles. The van der Waals surface area contributed by atoms with Gasteiger partial charge in [0.05, 0.1) is 12.2 Å². The normalized spacial score (nSPS) is 9.85. The Balaban J connectivity index is 2.15. The highest BCUT2D eigenvalue weighted by Gasteiger charge is 2.18. The summed E-state index contributed by atoms with van der Waals surface area (Å²) in [7, 11) is 0. The Kier molecular flexibility index (Phi) is 4.50. The number of esters is 2. The number of hydrogen-bond acceptors (Lipinski definition) is 4. The molecule has 4 nitrogen and oxygen atoms in total. The molecule has 2 aromatic carbocycles. The molecule has 0 aliphatic heterocycles. The molecular weight excluding hydrogens is 256 g/mol. The van der Waals surface area contributed by atoms with E-state index in [-0.39, 0.29) is 5.56 Å². The third kappa shape index (κ3) is 3.23. The van der Waals surface area contributed by atoms with Gasteiger partial charge in [-0.2, -0.15) is 0 Å². The first-order valence-corrected chi connectivity index (χ1v) is 6.25. The van der Waals surface area contributed by atoms with Gasteiger partial charge in [0.2, 0.25) is 0 Å². The average molecular weight is 270 g/mol. The lowest BCUT2D eigenvalue weighted by molar-refractivity contribution is 0.0395. The Morgan fingerprint density at radius 1 is 0.900 bits per heavy atom. The van der Waals surface area contributed by atoms with Crippen LogP contribution in [0.2, 0.25) is 0 Å². The summed E-state index contributed by atoms with van der Waals surface area (Å²) >= 11 is 0. The number of benzene rings is 2. The van der Waals surface area contributed by atoms with Crippen LogP contribution in [0.1, 0.15) is 27.6 Å². The first-order valence-electron chi connectivity index (χ1n) is 6.25. The molecule has 0 spiro atoms. The highest BCUT2D eigenvalue weighted by Crippen LogP contribution is 2.19. The van der Waals surface area contributed by atoms with Crippen molar-refractivity contribution in [2.45, 2.75) is 6.92 Å². The van der Waals surface area contributed by atoms with E-state index in [1.54, 1.807) is 54.6 Å². The van der Waals surface area contributed by atoms with Crippen LogP contribution in [-0.2, 0) is 4.74 Å². The number of carbonyl (C=O) groups excluding carboxylic acids is 2. The summed E-state index contributed by atoms with van der Waals surface area (Å²) in [6.45, 7) is 2.24. The van der Waals surface area contributed by atoms with Gasteiger partial charge < -0.3 is 9.47 Å². The van der Waals surface area contributed by atoms with Crippen LogP contribution in [0.5, 0.6) is 5.75 Å². The Labute approximate surface area is 116 Å². The van der Waals surface area contributed by atoms with Gasteiger partial charge in [0.25, 0.3) is 0 Å². The smallest absolute Gasteiger partial charge is 0.349 e. The molecule has 2 aromatic rings. The van der Waals surface area contributed by atoms with E-state index < -0.39 is 11.9 Å². The van der Waals surface area contributed by atoms with E-state index in [2.05, 4.69) is 0 Å². The molecule has 0 unspecified atom stereocenters. The molecule has 102 valence electrons. The standard InChI is InChI=1S/C16H14O4/c1-2-19-14-11-7-6-10-13(14)16(18)20-15(17)12-8-4-3-5-9-12/h3-11H,2H2,1H3. The zero-order valence-electron chi connectivity index (χ0n) is 11.0. The number of hydrogen-bond donors (Lipinski definition) is 0. The quantitative estimate of drug-likeness (QED) is 0.633. The predicted octanol–water partition coefficient (Wildman–Crippen LogP) is 3.08. The van der Waals surface area contributed by atoms with Crippen LogP contribution in [0.3, 0.4) is 0 Å². The van der Waals surface area contributed by atoms with Crippen molar-refractivity contribution in [2.24, 2.45) is 0 Å². The molecule has 2 rings (SSSR count). The maximum absolute atomic E-state index is 12.0. The Bertz CT molecular complexity index is 605. The summed E-state index contributed by atoms with van der Waals surface area (Å²) in [6, 6.07) is 15.0. The van der Waals surface area contributed by atoms with Gasteiger partial charge in [-0.25, -0.2) is 9.59 Å². The second-order valence-corrected chi connectivity index (χ2v) is 3.97. The van der Waals surface area contributed by atoms with E-state index in [0.717, 1.165) is 0 Å². The molecule has 0 radical (unpaired) electrons.